The van der Waals surface area contributed by atoms with E-state index in [1.807, 2.05) is 13.8 Å². The molecule has 0 spiro atoms. The Morgan fingerprint density at radius 1 is 1.50 bits per heavy atom. The van der Waals surface area contributed by atoms with Crippen LogP contribution in [-0.4, -0.2) is 28.4 Å². The number of carboxylic acid groups (broad SMARTS) is 1. The van der Waals surface area contributed by atoms with Crippen LogP contribution >= 0.6 is 0 Å². The number of carbonyl (C=O) groups is 1. The third-order valence-corrected chi connectivity index (χ3v) is 3.75. The maximum absolute atomic E-state index is 11.1. The van der Waals surface area contributed by atoms with Gasteiger partial charge in [0.05, 0.1) is 11.7 Å². The second kappa shape index (κ2) is 5.57. The van der Waals surface area contributed by atoms with Crippen molar-refractivity contribution in [3.63, 3.8) is 0 Å². The van der Waals surface area contributed by atoms with Gasteiger partial charge in [-0.1, -0.05) is 0 Å². The molecule has 1 saturated heterocycles. The minimum Gasteiger partial charge on any atom is -0.478 e. The summed E-state index contributed by atoms with van der Waals surface area (Å²) in [5, 5.41) is 9.08. The molecule has 4 nitrogen and oxygen atoms in total. The Morgan fingerprint density at radius 3 is 2.83 bits per heavy atom. The summed E-state index contributed by atoms with van der Waals surface area (Å²) in [7, 11) is 0. The van der Waals surface area contributed by atoms with Gasteiger partial charge in [-0.05, 0) is 45.6 Å². The van der Waals surface area contributed by atoms with Gasteiger partial charge in [0.25, 0.3) is 0 Å². The largest absolute Gasteiger partial charge is 0.478 e. The lowest BCUT2D eigenvalue weighted by molar-refractivity contribution is 0.00868. The number of rotatable bonds is 4. The van der Waals surface area contributed by atoms with Crippen molar-refractivity contribution in [1.82, 2.24) is 4.57 Å². The molecule has 0 bridgehead atoms. The molecule has 0 aliphatic carbocycles. The van der Waals surface area contributed by atoms with Gasteiger partial charge in [0.15, 0.2) is 0 Å². The number of aromatic carboxylic acids is 1. The predicted octanol–water partition coefficient (Wildman–Crippen LogP) is 2.76. The van der Waals surface area contributed by atoms with E-state index in [9.17, 15) is 4.79 Å². The highest BCUT2D eigenvalue weighted by atomic mass is 16.5. The minimum atomic E-state index is -0.844. The summed E-state index contributed by atoms with van der Waals surface area (Å²) in [5.74, 6) is -0.844. The third kappa shape index (κ3) is 2.75. The molecule has 1 aliphatic heterocycles. The van der Waals surface area contributed by atoms with Gasteiger partial charge in [-0.3, -0.25) is 0 Å². The van der Waals surface area contributed by atoms with Crippen molar-refractivity contribution < 1.29 is 14.6 Å². The highest BCUT2D eigenvalue weighted by molar-refractivity contribution is 5.89. The zero-order valence-corrected chi connectivity index (χ0v) is 11.1. The molecule has 4 heteroatoms. The summed E-state index contributed by atoms with van der Waals surface area (Å²) < 4.78 is 7.79. The number of carboxylic acids is 1. The molecule has 0 radical (unpaired) electrons. The summed E-state index contributed by atoms with van der Waals surface area (Å²) >= 11 is 0. The topological polar surface area (TPSA) is 51.5 Å². The van der Waals surface area contributed by atoms with E-state index in [2.05, 4.69) is 4.57 Å². The van der Waals surface area contributed by atoms with Crippen LogP contribution in [0, 0.1) is 13.8 Å². The van der Waals surface area contributed by atoms with E-state index in [1.165, 1.54) is 12.8 Å². The van der Waals surface area contributed by atoms with Crippen molar-refractivity contribution in [1.29, 1.82) is 0 Å². The van der Waals surface area contributed by atoms with Crippen LogP contribution in [0.3, 0.4) is 0 Å². The van der Waals surface area contributed by atoms with E-state index in [4.69, 9.17) is 9.84 Å². The predicted molar refractivity (Wildman–Crippen MR) is 69.1 cm³/mol. The number of ether oxygens (including phenoxy) is 1. The summed E-state index contributed by atoms with van der Waals surface area (Å²) in [4.78, 5) is 11.1. The van der Waals surface area contributed by atoms with Gasteiger partial charge >= 0.3 is 5.97 Å². The van der Waals surface area contributed by atoms with E-state index in [0.29, 0.717) is 11.7 Å². The van der Waals surface area contributed by atoms with Crippen LogP contribution in [0.5, 0.6) is 0 Å². The molecular weight excluding hydrogens is 230 g/mol. The Labute approximate surface area is 108 Å². The van der Waals surface area contributed by atoms with E-state index < -0.39 is 5.97 Å². The quantitative estimate of drug-likeness (QED) is 0.895. The highest BCUT2D eigenvalue weighted by Crippen LogP contribution is 2.20. The molecule has 1 N–H and O–H groups in total. The molecule has 1 aromatic rings. The molecule has 0 saturated carbocycles. The Morgan fingerprint density at radius 2 is 2.28 bits per heavy atom. The average molecular weight is 251 g/mol. The fourth-order valence-corrected chi connectivity index (χ4v) is 2.67. The SMILES string of the molecule is Cc1cc(C(=O)O)c(C)n1CCC1CCCCO1. The van der Waals surface area contributed by atoms with E-state index in [-0.39, 0.29) is 0 Å². The number of hydrogen-bond acceptors (Lipinski definition) is 2. The van der Waals surface area contributed by atoms with E-state index in [0.717, 1.165) is 37.4 Å². The van der Waals surface area contributed by atoms with Gasteiger partial charge in [-0.25, -0.2) is 4.79 Å². The van der Waals surface area contributed by atoms with Crippen LogP contribution in [0.4, 0.5) is 0 Å². The normalized spacial score (nSPS) is 20.0. The van der Waals surface area contributed by atoms with Gasteiger partial charge in [-0.15, -0.1) is 0 Å². The Kier molecular flexibility index (Phi) is 4.07. The fourth-order valence-electron chi connectivity index (χ4n) is 2.67. The van der Waals surface area contributed by atoms with Gasteiger partial charge in [0.1, 0.15) is 0 Å². The molecule has 1 fully saturated rings. The summed E-state index contributed by atoms with van der Waals surface area (Å²) in [6.45, 7) is 5.55. The van der Waals surface area contributed by atoms with Gasteiger partial charge < -0.3 is 14.4 Å². The van der Waals surface area contributed by atoms with Crippen molar-refractivity contribution >= 4 is 5.97 Å². The van der Waals surface area contributed by atoms with Crippen LogP contribution < -0.4 is 0 Å². The number of hydrogen-bond donors (Lipinski definition) is 1. The first-order chi connectivity index (χ1) is 8.59. The van der Waals surface area contributed by atoms with Gasteiger partial charge in [-0.2, -0.15) is 0 Å². The molecule has 1 aromatic heterocycles. The average Bonchev–Trinajstić information content (AvgIpc) is 2.64. The first-order valence-corrected chi connectivity index (χ1v) is 6.61. The molecule has 100 valence electrons. The summed E-state index contributed by atoms with van der Waals surface area (Å²) in [5.41, 5.74) is 2.27. The maximum atomic E-state index is 11.1. The second-order valence-corrected chi connectivity index (χ2v) is 5.02. The van der Waals surface area contributed by atoms with Crippen molar-refractivity contribution in [3.05, 3.63) is 23.0 Å². The molecule has 18 heavy (non-hydrogen) atoms. The van der Waals surface area contributed by atoms with Crippen molar-refractivity contribution in [2.45, 2.75) is 52.2 Å². The van der Waals surface area contributed by atoms with Crippen LogP contribution in [0.25, 0.3) is 0 Å². The lowest BCUT2D eigenvalue weighted by Crippen LogP contribution is -2.21. The zero-order valence-electron chi connectivity index (χ0n) is 11.1. The lowest BCUT2D eigenvalue weighted by Gasteiger charge is -2.23. The van der Waals surface area contributed by atoms with Crippen molar-refractivity contribution in [2.24, 2.45) is 0 Å². The minimum absolute atomic E-state index is 0.341. The molecule has 0 aromatic carbocycles. The molecule has 1 aliphatic rings. The standard InChI is InChI=1S/C14H21NO3/c1-10-9-13(14(16)17)11(2)15(10)7-6-12-5-3-4-8-18-12/h9,12H,3-8H2,1-2H3,(H,16,17). The molecule has 2 rings (SSSR count). The van der Waals surface area contributed by atoms with Crippen molar-refractivity contribution in [3.8, 4) is 0 Å². The molecule has 0 amide bonds. The molecule has 1 atom stereocenters. The van der Waals surface area contributed by atoms with Crippen LogP contribution in [0.15, 0.2) is 6.07 Å². The van der Waals surface area contributed by atoms with Crippen LogP contribution in [0.2, 0.25) is 0 Å². The Hall–Kier alpha value is -1.29. The monoisotopic (exact) mass is 251 g/mol. The number of aromatic nitrogens is 1. The number of aryl methyl sites for hydroxylation is 1. The van der Waals surface area contributed by atoms with Gasteiger partial charge in [0.2, 0.25) is 0 Å². The van der Waals surface area contributed by atoms with E-state index >= 15 is 0 Å². The lowest BCUT2D eigenvalue weighted by atomic mass is 10.1. The molecule has 2 heterocycles. The first kappa shape index (κ1) is 13.1. The second-order valence-electron chi connectivity index (χ2n) is 5.02. The Bertz CT molecular complexity index is 430. The Balaban J connectivity index is 2.02. The van der Waals surface area contributed by atoms with Crippen LogP contribution in [0.1, 0.15) is 47.4 Å². The van der Waals surface area contributed by atoms with Crippen molar-refractivity contribution in [2.75, 3.05) is 6.61 Å². The smallest absolute Gasteiger partial charge is 0.337 e. The third-order valence-electron chi connectivity index (χ3n) is 3.75. The van der Waals surface area contributed by atoms with Crippen LogP contribution in [-0.2, 0) is 11.3 Å². The summed E-state index contributed by atoms with van der Waals surface area (Å²) in [6.07, 6.45) is 4.85. The van der Waals surface area contributed by atoms with E-state index in [1.54, 1.807) is 6.07 Å². The molecule has 1 unspecified atom stereocenters. The highest BCUT2D eigenvalue weighted by Gasteiger charge is 2.17. The number of nitrogens with zero attached hydrogens (tertiary/aromatic N) is 1. The zero-order chi connectivity index (χ0) is 13.1. The maximum Gasteiger partial charge on any atom is 0.337 e. The summed E-state index contributed by atoms with van der Waals surface area (Å²) in [6, 6.07) is 1.75. The van der Waals surface area contributed by atoms with Gasteiger partial charge in [0, 0.05) is 24.5 Å². The fraction of sp³-hybridized carbons (Fsp3) is 0.643. The first-order valence-electron chi connectivity index (χ1n) is 6.61. The molecular formula is C14H21NO3.